The predicted molar refractivity (Wildman–Crippen MR) is 88.5 cm³/mol. The lowest BCUT2D eigenvalue weighted by Gasteiger charge is -2.31. The highest BCUT2D eigenvalue weighted by Crippen LogP contribution is 2.36. The summed E-state index contributed by atoms with van der Waals surface area (Å²) in [7, 11) is 0. The van der Waals surface area contributed by atoms with Crippen molar-refractivity contribution >= 4 is 11.6 Å². The van der Waals surface area contributed by atoms with Crippen molar-refractivity contribution in [2.45, 2.75) is 51.9 Å². The summed E-state index contributed by atoms with van der Waals surface area (Å²) < 4.78 is 0. The van der Waals surface area contributed by atoms with Crippen LogP contribution in [0.2, 0.25) is 5.02 Å². The van der Waals surface area contributed by atoms with Gasteiger partial charge in [0.15, 0.2) is 0 Å². The summed E-state index contributed by atoms with van der Waals surface area (Å²) in [5.74, 6) is 2.20. The van der Waals surface area contributed by atoms with Crippen molar-refractivity contribution in [3.05, 3.63) is 34.9 Å². The van der Waals surface area contributed by atoms with E-state index in [0.717, 1.165) is 24.0 Å². The first-order chi connectivity index (χ1) is 9.66. The Balaban J connectivity index is 2.04. The summed E-state index contributed by atoms with van der Waals surface area (Å²) in [6.07, 6.45) is 6.99. The number of rotatable bonds is 6. The minimum absolute atomic E-state index is 0.645. The molecule has 0 radical (unpaired) electrons. The van der Waals surface area contributed by atoms with E-state index in [1.165, 1.54) is 37.7 Å². The maximum atomic E-state index is 6.03. The molecule has 2 heteroatoms. The lowest BCUT2D eigenvalue weighted by atomic mass is 9.76. The minimum atomic E-state index is 0.645. The van der Waals surface area contributed by atoms with Crippen LogP contribution >= 0.6 is 11.6 Å². The fourth-order valence-corrected chi connectivity index (χ4v) is 3.46. The third-order valence-electron chi connectivity index (χ3n) is 4.43. The number of hydrogen-bond donors (Lipinski definition) is 1. The molecule has 1 aliphatic carbocycles. The second kappa shape index (κ2) is 8.05. The molecular formula is C18H28ClN. The first-order valence-corrected chi connectivity index (χ1v) is 8.51. The number of nitrogens with one attached hydrogen (secondary N) is 1. The Hall–Kier alpha value is -0.530. The van der Waals surface area contributed by atoms with Crippen LogP contribution < -0.4 is 5.32 Å². The molecule has 0 aliphatic heterocycles. The van der Waals surface area contributed by atoms with Gasteiger partial charge in [0.2, 0.25) is 0 Å². The Bertz CT molecular complexity index is 379. The molecule has 0 aromatic heterocycles. The third-order valence-corrected chi connectivity index (χ3v) is 4.69. The second-order valence-electron chi connectivity index (χ2n) is 6.61. The molecular weight excluding hydrogens is 266 g/mol. The Morgan fingerprint density at radius 3 is 2.30 bits per heavy atom. The zero-order valence-electron chi connectivity index (χ0n) is 12.9. The molecule has 112 valence electrons. The van der Waals surface area contributed by atoms with Crippen LogP contribution in [0.1, 0.15) is 57.4 Å². The Kier molecular flexibility index (Phi) is 6.38. The summed E-state index contributed by atoms with van der Waals surface area (Å²) in [6.45, 7) is 6.75. The summed E-state index contributed by atoms with van der Waals surface area (Å²) in [6, 6.07) is 8.52. The van der Waals surface area contributed by atoms with Gasteiger partial charge in [-0.15, -0.1) is 0 Å². The highest BCUT2D eigenvalue weighted by molar-refractivity contribution is 6.30. The highest BCUT2D eigenvalue weighted by Gasteiger charge is 2.24. The third kappa shape index (κ3) is 4.79. The van der Waals surface area contributed by atoms with Crippen LogP contribution in [0.15, 0.2) is 24.3 Å². The maximum absolute atomic E-state index is 6.03. The highest BCUT2D eigenvalue weighted by atomic mass is 35.5. The molecule has 0 spiro atoms. The standard InChI is InChI=1S/C18H28ClN/c1-14(2)12-20-13-18(15-6-4-3-5-7-15)16-8-10-17(19)11-9-16/h8-11,14-15,18,20H,3-7,12-13H2,1-2H3. The molecule has 0 amide bonds. The van der Waals surface area contributed by atoms with Crippen molar-refractivity contribution in [3.63, 3.8) is 0 Å². The van der Waals surface area contributed by atoms with Gasteiger partial charge < -0.3 is 5.32 Å². The van der Waals surface area contributed by atoms with Crippen LogP contribution in [0.25, 0.3) is 0 Å². The summed E-state index contributed by atoms with van der Waals surface area (Å²) >= 11 is 6.03. The number of hydrogen-bond acceptors (Lipinski definition) is 1. The van der Waals surface area contributed by atoms with E-state index < -0.39 is 0 Å². The van der Waals surface area contributed by atoms with Crippen LogP contribution in [0.5, 0.6) is 0 Å². The number of benzene rings is 1. The zero-order chi connectivity index (χ0) is 14.4. The number of halogens is 1. The van der Waals surface area contributed by atoms with E-state index in [4.69, 9.17) is 11.6 Å². The quantitative estimate of drug-likeness (QED) is 0.755. The molecule has 1 nitrogen and oxygen atoms in total. The van der Waals surface area contributed by atoms with Crippen molar-refractivity contribution in [2.75, 3.05) is 13.1 Å². The largest absolute Gasteiger partial charge is 0.316 e. The van der Waals surface area contributed by atoms with Crippen LogP contribution in [0.3, 0.4) is 0 Å². The Morgan fingerprint density at radius 1 is 1.05 bits per heavy atom. The first kappa shape index (κ1) is 15.9. The fourth-order valence-electron chi connectivity index (χ4n) is 3.33. The van der Waals surface area contributed by atoms with Crippen molar-refractivity contribution in [1.82, 2.24) is 5.32 Å². The predicted octanol–water partition coefficient (Wildman–Crippen LogP) is 5.25. The SMILES string of the molecule is CC(C)CNCC(c1ccc(Cl)cc1)C1CCCCC1. The van der Waals surface area contributed by atoms with Crippen LogP contribution in [0.4, 0.5) is 0 Å². The molecule has 0 saturated heterocycles. The van der Waals surface area contributed by atoms with Crippen molar-refractivity contribution in [2.24, 2.45) is 11.8 Å². The molecule has 1 aliphatic rings. The van der Waals surface area contributed by atoms with Crippen molar-refractivity contribution in [1.29, 1.82) is 0 Å². The molecule has 1 saturated carbocycles. The summed E-state index contributed by atoms with van der Waals surface area (Å²) in [5, 5.41) is 4.50. The Labute approximate surface area is 129 Å². The average Bonchev–Trinajstić information content (AvgIpc) is 2.46. The van der Waals surface area contributed by atoms with Gasteiger partial charge in [-0.05, 0) is 54.8 Å². The van der Waals surface area contributed by atoms with E-state index in [9.17, 15) is 0 Å². The monoisotopic (exact) mass is 293 g/mol. The van der Waals surface area contributed by atoms with Gasteiger partial charge in [-0.1, -0.05) is 56.8 Å². The van der Waals surface area contributed by atoms with Gasteiger partial charge >= 0.3 is 0 Å². The lowest BCUT2D eigenvalue weighted by Crippen LogP contribution is -2.30. The molecule has 1 aromatic carbocycles. The molecule has 1 N–H and O–H groups in total. The van der Waals surface area contributed by atoms with Crippen molar-refractivity contribution < 1.29 is 0 Å². The minimum Gasteiger partial charge on any atom is -0.316 e. The molecule has 2 rings (SSSR count). The van der Waals surface area contributed by atoms with E-state index in [0.29, 0.717) is 11.8 Å². The molecule has 0 bridgehead atoms. The van der Waals surface area contributed by atoms with E-state index in [-0.39, 0.29) is 0 Å². The normalized spacial score (nSPS) is 18.4. The van der Waals surface area contributed by atoms with Gasteiger partial charge in [-0.2, -0.15) is 0 Å². The fraction of sp³-hybridized carbons (Fsp3) is 0.667. The van der Waals surface area contributed by atoms with Gasteiger partial charge in [0, 0.05) is 11.6 Å². The molecule has 1 aromatic rings. The average molecular weight is 294 g/mol. The lowest BCUT2D eigenvalue weighted by molar-refractivity contribution is 0.295. The zero-order valence-corrected chi connectivity index (χ0v) is 13.6. The molecule has 1 fully saturated rings. The van der Waals surface area contributed by atoms with Gasteiger partial charge in [-0.25, -0.2) is 0 Å². The Morgan fingerprint density at radius 2 is 1.70 bits per heavy atom. The summed E-state index contributed by atoms with van der Waals surface area (Å²) in [5.41, 5.74) is 1.46. The second-order valence-corrected chi connectivity index (χ2v) is 7.04. The van der Waals surface area contributed by atoms with Crippen LogP contribution in [-0.4, -0.2) is 13.1 Å². The summed E-state index contributed by atoms with van der Waals surface area (Å²) in [4.78, 5) is 0. The van der Waals surface area contributed by atoms with Gasteiger partial charge in [0.25, 0.3) is 0 Å². The van der Waals surface area contributed by atoms with Gasteiger partial charge in [0.1, 0.15) is 0 Å². The molecule has 1 atom stereocenters. The molecule has 20 heavy (non-hydrogen) atoms. The van der Waals surface area contributed by atoms with Crippen LogP contribution in [-0.2, 0) is 0 Å². The van der Waals surface area contributed by atoms with E-state index in [1.54, 1.807) is 0 Å². The van der Waals surface area contributed by atoms with Crippen LogP contribution in [0, 0.1) is 11.8 Å². The smallest absolute Gasteiger partial charge is 0.0406 e. The first-order valence-electron chi connectivity index (χ1n) is 8.13. The van der Waals surface area contributed by atoms with E-state index in [1.807, 2.05) is 12.1 Å². The van der Waals surface area contributed by atoms with Gasteiger partial charge in [-0.3, -0.25) is 0 Å². The molecule has 0 heterocycles. The van der Waals surface area contributed by atoms with Gasteiger partial charge in [0.05, 0.1) is 0 Å². The van der Waals surface area contributed by atoms with E-state index in [2.05, 4.69) is 31.3 Å². The molecule has 1 unspecified atom stereocenters. The topological polar surface area (TPSA) is 12.0 Å². The van der Waals surface area contributed by atoms with E-state index >= 15 is 0 Å². The maximum Gasteiger partial charge on any atom is 0.0406 e. The van der Waals surface area contributed by atoms with Crippen molar-refractivity contribution in [3.8, 4) is 0 Å².